The van der Waals surface area contributed by atoms with Crippen molar-refractivity contribution in [1.29, 1.82) is 0 Å². The number of nitrogens with zero attached hydrogens (tertiary/aromatic N) is 3. The van der Waals surface area contributed by atoms with E-state index in [1.54, 1.807) is 19.2 Å². The minimum Gasteiger partial charge on any atom is -0.385 e. The zero-order valence-corrected chi connectivity index (χ0v) is 16.8. The Morgan fingerprint density at radius 1 is 1.10 bits per heavy atom. The Hall–Kier alpha value is -2.77. The molecule has 0 spiro atoms. The van der Waals surface area contributed by atoms with Gasteiger partial charge in [0, 0.05) is 64.7 Å². The molecule has 1 aromatic heterocycles. The Morgan fingerprint density at radius 2 is 1.86 bits per heavy atom. The number of benzene rings is 1. The fourth-order valence-corrected chi connectivity index (χ4v) is 3.32. The van der Waals surface area contributed by atoms with Crippen LogP contribution in [0.5, 0.6) is 0 Å². The fourth-order valence-electron chi connectivity index (χ4n) is 3.32. The van der Waals surface area contributed by atoms with Crippen LogP contribution in [-0.2, 0) is 11.3 Å². The molecule has 0 bridgehead atoms. The maximum absolute atomic E-state index is 12.8. The smallest absolute Gasteiger partial charge is 0.272 e. The number of pyridine rings is 1. The lowest BCUT2D eigenvalue weighted by Crippen LogP contribution is -2.48. The first-order valence-electron chi connectivity index (χ1n) is 9.96. The van der Waals surface area contributed by atoms with Crippen molar-refractivity contribution in [3.8, 4) is 0 Å². The standard InChI is InChI=1S/C22H28N4O3/c1-29-15-5-9-24-21(27)19-8-10-23-20(16-19)22(28)26-13-11-25(12-14-26)17-18-6-3-2-4-7-18/h2-4,6-8,10,16H,5,9,11-15,17H2,1H3,(H,24,27). The maximum atomic E-state index is 12.8. The SMILES string of the molecule is COCCCNC(=O)c1ccnc(C(=O)N2CCN(Cc3ccccc3)CC2)c1. The van der Waals surface area contributed by atoms with Crippen LogP contribution in [0.2, 0.25) is 0 Å². The van der Waals surface area contributed by atoms with Gasteiger partial charge in [0.1, 0.15) is 5.69 Å². The summed E-state index contributed by atoms with van der Waals surface area (Å²) >= 11 is 0. The highest BCUT2D eigenvalue weighted by atomic mass is 16.5. The molecule has 2 amide bonds. The van der Waals surface area contributed by atoms with Crippen LogP contribution in [0.15, 0.2) is 48.7 Å². The third kappa shape index (κ3) is 6.10. The summed E-state index contributed by atoms with van der Waals surface area (Å²) in [6, 6.07) is 13.5. The Labute approximate surface area is 171 Å². The van der Waals surface area contributed by atoms with E-state index in [1.807, 2.05) is 23.1 Å². The summed E-state index contributed by atoms with van der Waals surface area (Å²) in [7, 11) is 1.63. The van der Waals surface area contributed by atoms with Crippen LogP contribution in [0.3, 0.4) is 0 Å². The lowest BCUT2D eigenvalue weighted by Gasteiger charge is -2.34. The molecular weight excluding hydrogens is 368 g/mol. The first kappa shape index (κ1) is 21.0. The second-order valence-corrected chi connectivity index (χ2v) is 7.09. The van der Waals surface area contributed by atoms with E-state index in [1.165, 1.54) is 11.8 Å². The molecule has 1 aliphatic rings. The van der Waals surface area contributed by atoms with Crippen molar-refractivity contribution in [3.05, 3.63) is 65.5 Å². The molecule has 3 rings (SSSR count). The van der Waals surface area contributed by atoms with Crippen molar-refractivity contribution in [1.82, 2.24) is 20.1 Å². The number of piperazine rings is 1. The number of hydrogen-bond donors (Lipinski definition) is 1. The summed E-state index contributed by atoms with van der Waals surface area (Å²) in [5.41, 5.74) is 2.03. The molecule has 29 heavy (non-hydrogen) atoms. The quantitative estimate of drug-likeness (QED) is 0.689. The van der Waals surface area contributed by atoms with Gasteiger partial charge in [-0.2, -0.15) is 0 Å². The molecule has 7 nitrogen and oxygen atoms in total. The molecule has 1 aliphatic heterocycles. The van der Waals surface area contributed by atoms with Gasteiger partial charge in [-0.05, 0) is 24.1 Å². The number of aromatic nitrogens is 1. The second-order valence-electron chi connectivity index (χ2n) is 7.09. The maximum Gasteiger partial charge on any atom is 0.272 e. The summed E-state index contributed by atoms with van der Waals surface area (Å²) in [6.45, 7) is 4.96. The zero-order valence-electron chi connectivity index (χ0n) is 16.8. The minimum absolute atomic E-state index is 0.126. The summed E-state index contributed by atoms with van der Waals surface area (Å²) < 4.78 is 4.97. The van der Waals surface area contributed by atoms with Crippen molar-refractivity contribution in [2.24, 2.45) is 0 Å². The molecule has 0 unspecified atom stereocenters. The van der Waals surface area contributed by atoms with Gasteiger partial charge in [0.15, 0.2) is 0 Å². The summed E-state index contributed by atoms with van der Waals surface area (Å²) in [6.07, 6.45) is 2.26. The highest BCUT2D eigenvalue weighted by Gasteiger charge is 2.23. The summed E-state index contributed by atoms with van der Waals surface area (Å²) in [4.78, 5) is 33.4. The van der Waals surface area contributed by atoms with Gasteiger partial charge < -0.3 is 15.0 Å². The number of hydrogen-bond acceptors (Lipinski definition) is 5. The van der Waals surface area contributed by atoms with Crippen LogP contribution in [0.25, 0.3) is 0 Å². The predicted octanol–water partition coefficient (Wildman–Crippen LogP) is 1.81. The number of carbonyl (C=O) groups is 2. The molecule has 0 aliphatic carbocycles. The van der Waals surface area contributed by atoms with E-state index < -0.39 is 0 Å². The van der Waals surface area contributed by atoms with Gasteiger partial charge in [0.25, 0.3) is 11.8 Å². The summed E-state index contributed by atoms with van der Waals surface area (Å²) in [5, 5.41) is 2.83. The largest absolute Gasteiger partial charge is 0.385 e. The number of carbonyl (C=O) groups excluding carboxylic acids is 2. The highest BCUT2D eigenvalue weighted by molar-refractivity contribution is 5.98. The Kier molecular flexibility index (Phi) is 7.72. The summed E-state index contributed by atoms with van der Waals surface area (Å²) in [5.74, 6) is -0.330. The topological polar surface area (TPSA) is 74.8 Å². The van der Waals surface area contributed by atoms with Crippen molar-refractivity contribution in [2.45, 2.75) is 13.0 Å². The lowest BCUT2D eigenvalue weighted by molar-refractivity contribution is 0.0622. The van der Waals surface area contributed by atoms with Gasteiger partial charge in [-0.25, -0.2) is 0 Å². The Bertz CT molecular complexity index is 805. The van der Waals surface area contributed by atoms with E-state index in [9.17, 15) is 9.59 Å². The molecule has 0 saturated carbocycles. The van der Waals surface area contributed by atoms with Crippen LogP contribution in [-0.4, -0.2) is 73.0 Å². The minimum atomic E-state index is -0.203. The molecule has 1 saturated heterocycles. The molecule has 1 N–H and O–H groups in total. The van der Waals surface area contributed by atoms with Crippen LogP contribution in [0.4, 0.5) is 0 Å². The number of methoxy groups -OCH3 is 1. The highest BCUT2D eigenvalue weighted by Crippen LogP contribution is 2.12. The van der Waals surface area contributed by atoms with Gasteiger partial charge in [-0.15, -0.1) is 0 Å². The normalized spacial score (nSPS) is 14.6. The van der Waals surface area contributed by atoms with Crippen LogP contribution >= 0.6 is 0 Å². The van der Waals surface area contributed by atoms with Gasteiger partial charge >= 0.3 is 0 Å². The van der Waals surface area contributed by atoms with Crippen LogP contribution in [0, 0.1) is 0 Å². The average Bonchev–Trinajstić information content (AvgIpc) is 2.77. The van der Waals surface area contributed by atoms with Crippen molar-refractivity contribution in [3.63, 3.8) is 0 Å². The molecule has 1 aromatic carbocycles. The lowest BCUT2D eigenvalue weighted by atomic mass is 10.1. The number of nitrogens with one attached hydrogen (secondary N) is 1. The van der Waals surface area contributed by atoms with Crippen molar-refractivity contribution in [2.75, 3.05) is 46.4 Å². The Balaban J connectivity index is 1.52. The Morgan fingerprint density at radius 3 is 2.59 bits per heavy atom. The monoisotopic (exact) mass is 396 g/mol. The molecule has 1 fully saturated rings. The van der Waals surface area contributed by atoms with Gasteiger partial charge in [-0.3, -0.25) is 19.5 Å². The first-order valence-corrected chi connectivity index (χ1v) is 9.96. The second kappa shape index (κ2) is 10.7. The van der Waals surface area contributed by atoms with Crippen molar-refractivity contribution < 1.29 is 14.3 Å². The van der Waals surface area contributed by atoms with Gasteiger partial charge in [-0.1, -0.05) is 30.3 Å². The first-order chi connectivity index (χ1) is 14.2. The molecule has 2 heterocycles. The molecule has 0 atom stereocenters. The molecule has 7 heteroatoms. The van der Waals surface area contributed by atoms with E-state index in [4.69, 9.17) is 4.74 Å². The van der Waals surface area contributed by atoms with Crippen molar-refractivity contribution >= 4 is 11.8 Å². The van der Waals surface area contributed by atoms with E-state index >= 15 is 0 Å². The number of ether oxygens (including phenoxy) is 1. The predicted molar refractivity (Wildman–Crippen MR) is 111 cm³/mol. The fraction of sp³-hybridized carbons (Fsp3) is 0.409. The van der Waals surface area contributed by atoms with E-state index in [0.29, 0.717) is 37.5 Å². The molecule has 154 valence electrons. The third-order valence-corrected chi connectivity index (χ3v) is 4.96. The third-order valence-electron chi connectivity index (χ3n) is 4.96. The van der Waals surface area contributed by atoms with E-state index in [0.717, 1.165) is 26.1 Å². The number of amides is 2. The van der Waals surface area contributed by atoms with Gasteiger partial charge in [0.05, 0.1) is 0 Å². The molecule has 2 aromatic rings. The number of rotatable bonds is 8. The van der Waals surface area contributed by atoms with Crippen LogP contribution in [0.1, 0.15) is 32.8 Å². The van der Waals surface area contributed by atoms with Gasteiger partial charge in [0.2, 0.25) is 0 Å². The van der Waals surface area contributed by atoms with Crippen LogP contribution < -0.4 is 5.32 Å². The zero-order chi connectivity index (χ0) is 20.5. The van der Waals surface area contributed by atoms with E-state index in [-0.39, 0.29) is 11.8 Å². The molecular formula is C22H28N4O3. The van der Waals surface area contributed by atoms with E-state index in [2.05, 4.69) is 27.3 Å². The average molecular weight is 396 g/mol. The molecule has 0 radical (unpaired) electrons.